The molecule has 7 nitrogen and oxygen atoms in total. The van der Waals surface area contributed by atoms with Crippen LogP contribution >= 0.6 is 23.2 Å². The lowest BCUT2D eigenvalue weighted by Gasteiger charge is -2.11. The van der Waals surface area contributed by atoms with Crippen molar-refractivity contribution >= 4 is 57.4 Å². The zero-order chi connectivity index (χ0) is 25.7. The van der Waals surface area contributed by atoms with Gasteiger partial charge in [-0.25, -0.2) is 9.78 Å². The zero-order valence-corrected chi connectivity index (χ0v) is 20.7. The third-order valence-corrected chi connectivity index (χ3v) is 6.07. The SMILES string of the molecule is CCC(=O)Oc1cnc(C(=O)c2ccc(NC(=O)NCc3ccc(Cl)c(Cl)c3)cc2)c2ccccc12. The van der Waals surface area contributed by atoms with Gasteiger partial charge >= 0.3 is 12.0 Å². The van der Waals surface area contributed by atoms with Crippen LogP contribution < -0.4 is 15.4 Å². The van der Waals surface area contributed by atoms with E-state index in [4.69, 9.17) is 27.9 Å². The molecule has 36 heavy (non-hydrogen) atoms. The number of ketones is 1. The molecule has 0 spiro atoms. The van der Waals surface area contributed by atoms with Crippen LogP contribution in [0.4, 0.5) is 10.5 Å². The summed E-state index contributed by atoms with van der Waals surface area (Å²) in [7, 11) is 0. The Morgan fingerprint density at radius 3 is 2.33 bits per heavy atom. The Kier molecular flexibility index (Phi) is 7.83. The minimum Gasteiger partial charge on any atom is -0.424 e. The standard InChI is InChI=1S/C27H21Cl2N3O4/c1-2-24(33)36-23-15-30-25(20-6-4-3-5-19(20)23)26(34)17-8-10-18(11-9-17)32-27(35)31-14-16-7-12-21(28)22(29)13-16/h3-13,15H,2,14H2,1H3,(H2,31,32,35). The summed E-state index contributed by atoms with van der Waals surface area (Å²) in [6.07, 6.45) is 1.61. The number of urea groups is 1. The number of rotatable bonds is 7. The topological polar surface area (TPSA) is 97.4 Å². The predicted octanol–water partition coefficient (Wildman–Crippen LogP) is 6.41. The van der Waals surface area contributed by atoms with Crippen LogP contribution in [0.5, 0.6) is 5.75 Å². The monoisotopic (exact) mass is 521 g/mol. The molecular formula is C27H21Cl2N3O4. The molecule has 0 saturated carbocycles. The molecule has 0 unspecified atom stereocenters. The first-order valence-electron chi connectivity index (χ1n) is 11.1. The minimum absolute atomic E-state index is 0.225. The van der Waals surface area contributed by atoms with Crippen LogP contribution in [0.25, 0.3) is 10.8 Å². The Labute approximate surface area is 217 Å². The maximum atomic E-state index is 13.2. The van der Waals surface area contributed by atoms with E-state index in [0.29, 0.717) is 37.8 Å². The quantitative estimate of drug-likeness (QED) is 0.216. The number of hydrogen-bond donors (Lipinski definition) is 2. The highest BCUT2D eigenvalue weighted by Crippen LogP contribution is 2.29. The average Bonchev–Trinajstić information content (AvgIpc) is 2.89. The van der Waals surface area contributed by atoms with E-state index in [2.05, 4.69) is 15.6 Å². The van der Waals surface area contributed by atoms with Crippen molar-refractivity contribution in [1.29, 1.82) is 0 Å². The fourth-order valence-corrected chi connectivity index (χ4v) is 3.79. The van der Waals surface area contributed by atoms with Gasteiger partial charge in [0.15, 0.2) is 5.75 Å². The highest BCUT2D eigenvalue weighted by atomic mass is 35.5. The largest absolute Gasteiger partial charge is 0.424 e. The molecular weight excluding hydrogens is 501 g/mol. The molecule has 2 N–H and O–H groups in total. The average molecular weight is 522 g/mol. The summed E-state index contributed by atoms with van der Waals surface area (Å²) >= 11 is 11.9. The molecule has 0 saturated heterocycles. The second kappa shape index (κ2) is 11.2. The molecule has 0 aliphatic heterocycles. The van der Waals surface area contributed by atoms with E-state index in [9.17, 15) is 14.4 Å². The molecule has 0 radical (unpaired) electrons. The van der Waals surface area contributed by atoms with Gasteiger partial charge in [0.1, 0.15) is 5.69 Å². The maximum Gasteiger partial charge on any atom is 0.319 e. The van der Waals surface area contributed by atoms with Crippen molar-refractivity contribution < 1.29 is 19.1 Å². The molecule has 3 aromatic carbocycles. The molecule has 1 heterocycles. The Bertz CT molecular complexity index is 1460. The molecule has 0 fully saturated rings. The highest BCUT2D eigenvalue weighted by Gasteiger charge is 2.18. The van der Waals surface area contributed by atoms with Crippen LogP contribution in [-0.4, -0.2) is 22.8 Å². The number of hydrogen-bond acceptors (Lipinski definition) is 5. The molecule has 182 valence electrons. The van der Waals surface area contributed by atoms with Crippen LogP contribution in [0.3, 0.4) is 0 Å². The number of halogens is 2. The van der Waals surface area contributed by atoms with Gasteiger partial charge in [-0.05, 0) is 42.0 Å². The molecule has 0 aliphatic rings. The summed E-state index contributed by atoms with van der Waals surface area (Å²) in [4.78, 5) is 41.5. The zero-order valence-electron chi connectivity index (χ0n) is 19.2. The van der Waals surface area contributed by atoms with Crippen LogP contribution in [-0.2, 0) is 11.3 Å². The van der Waals surface area contributed by atoms with Gasteiger partial charge in [0.2, 0.25) is 5.78 Å². The lowest BCUT2D eigenvalue weighted by Crippen LogP contribution is -2.28. The van der Waals surface area contributed by atoms with E-state index in [1.54, 1.807) is 73.7 Å². The van der Waals surface area contributed by atoms with Gasteiger partial charge in [-0.15, -0.1) is 0 Å². The van der Waals surface area contributed by atoms with Crippen molar-refractivity contribution in [2.75, 3.05) is 5.32 Å². The highest BCUT2D eigenvalue weighted by molar-refractivity contribution is 6.42. The van der Waals surface area contributed by atoms with Crippen molar-refractivity contribution in [3.63, 3.8) is 0 Å². The lowest BCUT2D eigenvalue weighted by molar-refractivity contribution is -0.133. The number of ether oxygens (including phenoxy) is 1. The summed E-state index contributed by atoms with van der Waals surface area (Å²) in [5.41, 5.74) is 1.95. The molecule has 0 aliphatic carbocycles. The van der Waals surface area contributed by atoms with Crippen LogP contribution in [0, 0.1) is 0 Å². The smallest absolute Gasteiger partial charge is 0.319 e. The number of nitrogens with zero attached hydrogens (tertiary/aromatic N) is 1. The Morgan fingerprint density at radius 2 is 1.64 bits per heavy atom. The number of aromatic nitrogens is 1. The second-order valence-electron chi connectivity index (χ2n) is 7.81. The predicted molar refractivity (Wildman–Crippen MR) is 140 cm³/mol. The van der Waals surface area contributed by atoms with E-state index in [1.165, 1.54) is 6.20 Å². The fourth-order valence-electron chi connectivity index (χ4n) is 3.47. The summed E-state index contributed by atoms with van der Waals surface area (Å²) < 4.78 is 5.36. The van der Waals surface area contributed by atoms with Gasteiger partial charge in [-0.1, -0.05) is 60.5 Å². The normalized spacial score (nSPS) is 10.6. The van der Waals surface area contributed by atoms with Crippen molar-refractivity contribution in [1.82, 2.24) is 10.3 Å². The summed E-state index contributed by atoms with van der Waals surface area (Å²) in [6, 6.07) is 18.3. The first-order valence-corrected chi connectivity index (χ1v) is 11.8. The number of anilines is 1. The van der Waals surface area contributed by atoms with Crippen molar-refractivity contribution in [3.05, 3.63) is 99.8 Å². The maximum absolute atomic E-state index is 13.2. The van der Waals surface area contributed by atoms with Gasteiger partial charge in [0, 0.05) is 35.0 Å². The van der Waals surface area contributed by atoms with Gasteiger partial charge in [-0.2, -0.15) is 0 Å². The number of fused-ring (bicyclic) bond motifs is 1. The van der Waals surface area contributed by atoms with Crippen LogP contribution in [0.1, 0.15) is 35.0 Å². The third kappa shape index (κ3) is 5.82. The van der Waals surface area contributed by atoms with Gasteiger partial charge in [0.05, 0.1) is 16.2 Å². The van der Waals surface area contributed by atoms with Crippen molar-refractivity contribution in [2.45, 2.75) is 19.9 Å². The second-order valence-corrected chi connectivity index (χ2v) is 8.62. The summed E-state index contributed by atoms with van der Waals surface area (Å²) in [5.74, 6) is -0.374. The Morgan fingerprint density at radius 1 is 0.917 bits per heavy atom. The Hall–Kier alpha value is -3.94. The van der Waals surface area contributed by atoms with E-state index < -0.39 is 6.03 Å². The number of amides is 2. The number of carbonyl (C=O) groups is 3. The number of benzene rings is 3. The first kappa shape index (κ1) is 25.2. The number of carbonyl (C=O) groups excluding carboxylic acids is 3. The molecule has 2 amide bonds. The minimum atomic E-state index is -0.412. The van der Waals surface area contributed by atoms with Crippen LogP contribution in [0.2, 0.25) is 10.0 Å². The third-order valence-electron chi connectivity index (χ3n) is 5.33. The lowest BCUT2D eigenvalue weighted by atomic mass is 10.0. The number of esters is 1. The molecule has 1 aromatic heterocycles. The van der Waals surface area contributed by atoms with E-state index in [-0.39, 0.29) is 30.4 Å². The van der Waals surface area contributed by atoms with Gasteiger partial charge in [0.25, 0.3) is 0 Å². The van der Waals surface area contributed by atoms with E-state index in [1.807, 2.05) is 0 Å². The summed E-state index contributed by atoms with van der Waals surface area (Å²) in [5, 5.41) is 7.51. The van der Waals surface area contributed by atoms with Gasteiger partial charge < -0.3 is 15.4 Å². The van der Waals surface area contributed by atoms with E-state index in [0.717, 1.165) is 5.56 Å². The Balaban J connectivity index is 1.45. The molecule has 9 heteroatoms. The van der Waals surface area contributed by atoms with Gasteiger partial charge in [-0.3, -0.25) is 9.59 Å². The van der Waals surface area contributed by atoms with Crippen molar-refractivity contribution in [3.8, 4) is 5.75 Å². The number of pyridine rings is 1. The summed E-state index contributed by atoms with van der Waals surface area (Å²) in [6.45, 7) is 1.97. The van der Waals surface area contributed by atoms with Crippen LogP contribution in [0.15, 0.2) is 72.9 Å². The molecule has 4 aromatic rings. The molecule has 0 atom stereocenters. The van der Waals surface area contributed by atoms with E-state index >= 15 is 0 Å². The molecule has 4 rings (SSSR count). The molecule has 0 bridgehead atoms. The van der Waals surface area contributed by atoms with Crippen molar-refractivity contribution in [2.24, 2.45) is 0 Å². The first-order chi connectivity index (χ1) is 17.4. The number of nitrogens with one attached hydrogen (secondary N) is 2. The fraction of sp³-hybridized carbons (Fsp3) is 0.111.